The van der Waals surface area contributed by atoms with Crippen LogP contribution in [0.4, 0.5) is 14.9 Å². The van der Waals surface area contributed by atoms with E-state index in [-0.39, 0.29) is 6.10 Å². The summed E-state index contributed by atoms with van der Waals surface area (Å²) >= 11 is 1.43. The number of likely N-dealkylation sites (N-methyl/N-ethyl adjacent to an activating group) is 1. The first-order valence-electron chi connectivity index (χ1n) is 8.97. The number of anilines is 1. The zero-order valence-electron chi connectivity index (χ0n) is 16.1. The molecule has 1 saturated heterocycles. The second-order valence-corrected chi connectivity index (χ2v) is 7.35. The van der Waals surface area contributed by atoms with E-state index in [1.54, 1.807) is 30.4 Å². The average Bonchev–Trinajstić information content (AvgIpc) is 3.28. The Balaban J connectivity index is 1.73. The predicted octanol–water partition coefficient (Wildman–Crippen LogP) is 3.31. The molecular formula is C18H23FN6O2S. The highest BCUT2D eigenvalue weighted by Crippen LogP contribution is 2.31. The van der Waals surface area contributed by atoms with Gasteiger partial charge in [0.1, 0.15) is 16.9 Å². The largest absolute Gasteiger partial charge is 0.442 e. The molecule has 0 bridgehead atoms. The Morgan fingerprint density at radius 3 is 3.00 bits per heavy atom. The van der Waals surface area contributed by atoms with Crippen LogP contribution in [0.1, 0.15) is 11.8 Å². The van der Waals surface area contributed by atoms with E-state index in [1.165, 1.54) is 22.3 Å². The molecule has 2 heterocycles. The van der Waals surface area contributed by atoms with Crippen molar-refractivity contribution in [3.63, 3.8) is 0 Å². The minimum atomic E-state index is -0.493. The van der Waals surface area contributed by atoms with Gasteiger partial charge in [-0.25, -0.2) is 14.2 Å². The van der Waals surface area contributed by atoms with Gasteiger partial charge in [0.05, 0.1) is 25.8 Å². The van der Waals surface area contributed by atoms with Crippen molar-refractivity contribution in [2.24, 2.45) is 10.3 Å². The van der Waals surface area contributed by atoms with Gasteiger partial charge in [0.25, 0.3) is 0 Å². The molecular weight excluding hydrogens is 383 g/mol. The van der Waals surface area contributed by atoms with Gasteiger partial charge >= 0.3 is 6.09 Å². The Morgan fingerprint density at radius 2 is 2.32 bits per heavy atom. The molecule has 28 heavy (non-hydrogen) atoms. The van der Waals surface area contributed by atoms with Crippen LogP contribution in [0.25, 0.3) is 10.6 Å². The predicted molar refractivity (Wildman–Crippen MR) is 106 cm³/mol. The number of amides is 1. The third-order valence-electron chi connectivity index (χ3n) is 4.27. The number of ether oxygens (including phenoxy) is 1. The third-order valence-corrected chi connectivity index (χ3v) is 5.30. The Bertz CT molecular complexity index is 858. The molecule has 0 spiro atoms. The maximum absolute atomic E-state index is 14.7. The van der Waals surface area contributed by atoms with Crippen LogP contribution in [0.5, 0.6) is 0 Å². The fourth-order valence-electron chi connectivity index (χ4n) is 2.95. The topological polar surface area (TPSA) is 82.4 Å². The molecule has 1 unspecified atom stereocenters. The Labute approximate surface area is 167 Å². The summed E-state index contributed by atoms with van der Waals surface area (Å²) in [6, 6.07) is 4.71. The van der Waals surface area contributed by atoms with Crippen LogP contribution in [0.15, 0.2) is 34.7 Å². The molecule has 8 nitrogen and oxygen atoms in total. The minimum Gasteiger partial charge on any atom is -0.442 e. The number of cyclic esters (lactones) is 1. The Morgan fingerprint density at radius 1 is 1.50 bits per heavy atom. The lowest BCUT2D eigenvalue weighted by atomic mass is 10.2. The van der Waals surface area contributed by atoms with Gasteiger partial charge < -0.3 is 10.1 Å². The van der Waals surface area contributed by atoms with Crippen LogP contribution in [-0.4, -0.2) is 55.9 Å². The van der Waals surface area contributed by atoms with E-state index in [4.69, 9.17) is 4.74 Å². The number of nitrogens with one attached hydrogen (secondary N) is 1. The van der Waals surface area contributed by atoms with Crippen molar-refractivity contribution in [1.82, 2.24) is 15.3 Å². The number of hydrogen-bond donors (Lipinski definition) is 1. The molecule has 1 aromatic heterocycles. The highest BCUT2D eigenvalue weighted by atomic mass is 32.1. The van der Waals surface area contributed by atoms with Gasteiger partial charge in [-0.2, -0.15) is 5.11 Å². The SMILES string of the molecule is CCN(CC1CN(c2ccc(-c3ncc(CNC)s3)c(F)c2)C(=O)O1)N=NC. The number of halogens is 1. The number of carbonyl (C=O) groups is 1. The summed E-state index contributed by atoms with van der Waals surface area (Å²) < 4.78 is 20.1. The molecule has 1 N–H and O–H groups in total. The molecule has 3 rings (SSSR count). The molecule has 1 fully saturated rings. The summed E-state index contributed by atoms with van der Waals surface area (Å²) in [4.78, 5) is 19.0. The second kappa shape index (κ2) is 9.07. The van der Waals surface area contributed by atoms with Gasteiger partial charge in [0.2, 0.25) is 0 Å². The van der Waals surface area contributed by atoms with Crippen molar-refractivity contribution in [3.8, 4) is 10.6 Å². The lowest BCUT2D eigenvalue weighted by molar-refractivity contribution is 0.108. The van der Waals surface area contributed by atoms with E-state index < -0.39 is 11.9 Å². The van der Waals surface area contributed by atoms with Crippen molar-refractivity contribution in [2.75, 3.05) is 38.6 Å². The molecule has 1 aliphatic rings. The van der Waals surface area contributed by atoms with Crippen LogP contribution < -0.4 is 10.2 Å². The molecule has 0 aliphatic carbocycles. The molecule has 150 valence electrons. The van der Waals surface area contributed by atoms with Crippen LogP contribution in [-0.2, 0) is 11.3 Å². The lowest BCUT2D eigenvalue weighted by Crippen LogP contribution is -2.31. The molecule has 1 atom stereocenters. The van der Waals surface area contributed by atoms with E-state index in [2.05, 4.69) is 20.6 Å². The average molecular weight is 406 g/mol. The summed E-state index contributed by atoms with van der Waals surface area (Å²) in [5.41, 5.74) is 0.877. The van der Waals surface area contributed by atoms with Gasteiger partial charge in [0.15, 0.2) is 0 Å². The Kier molecular flexibility index (Phi) is 6.53. The summed E-state index contributed by atoms with van der Waals surface area (Å²) in [6.45, 7) is 4.04. The number of carbonyl (C=O) groups excluding carboxylic acids is 1. The summed E-state index contributed by atoms with van der Waals surface area (Å²) in [7, 11) is 3.44. The van der Waals surface area contributed by atoms with Crippen molar-refractivity contribution in [2.45, 2.75) is 19.6 Å². The van der Waals surface area contributed by atoms with Gasteiger partial charge in [-0.1, -0.05) is 5.22 Å². The van der Waals surface area contributed by atoms with Gasteiger partial charge in [-0.3, -0.25) is 9.91 Å². The molecule has 1 amide bonds. The molecule has 1 aromatic carbocycles. The standard InChI is InChI=1S/C18H23FN6O2S/c1-4-24(23-21-3)10-13-11-25(18(26)27-13)12-5-6-15(16(19)7-12)17-22-9-14(28-17)8-20-2/h5-7,9,13,20H,4,8,10-11H2,1-3H3. The van der Waals surface area contributed by atoms with Crippen molar-refractivity contribution >= 4 is 23.1 Å². The number of hydrogen-bond acceptors (Lipinski definition) is 7. The Hall–Kier alpha value is -2.59. The molecule has 10 heteroatoms. The number of nitrogens with zero attached hydrogens (tertiary/aromatic N) is 5. The van der Waals surface area contributed by atoms with Crippen molar-refractivity contribution in [1.29, 1.82) is 0 Å². The fraction of sp³-hybridized carbons (Fsp3) is 0.444. The lowest BCUT2D eigenvalue weighted by Gasteiger charge is -2.18. The number of thiazole rings is 1. The minimum absolute atomic E-state index is 0.330. The first-order valence-corrected chi connectivity index (χ1v) is 9.79. The third kappa shape index (κ3) is 4.45. The second-order valence-electron chi connectivity index (χ2n) is 6.24. The van der Waals surface area contributed by atoms with Crippen LogP contribution >= 0.6 is 11.3 Å². The first-order chi connectivity index (χ1) is 13.5. The molecule has 2 aromatic rings. The van der Waals surface area contributed by atoms with Crippen molar-refractivity contribution in [3.05, 3.63) is 35.1 Å². The van der Waals surface area contributed by atoms with E-state index in [0.717, 1.165) is 4.88 Å². The van der Waals surface area contributed by atoms with Crippen LogP contribution in [0.2, 0.25) is 0 Å². The van der Waals surface area contributed by atoms with E-state index in [1.807, 2.05) is 14.0 Å². The molecule has 0 radical (unpaired) electrons. The van der Waals surface area contributed by atoms with Gasteiger partial charge in [0, 0.05) is 29.7 Å². The molecule has 1 aliphatic heterocycles. The highest BCUT2D eigenvalue weighted by molar-refractivity contribution is 7.15. The smallest absolute Gasteiger partial charge is 0.414 e. The summed E-state index contributed by atoms with van der Waals surface area (Å²) in [5.74, 6) is -0.422. The number of rotatable bonds is 8. The quantitative estimate of drug-likeness (QED) is 0.537. The monoisotopic (exact) mass is 406 g/mol. The van der Waals surface area contributed by atoms with E-state index >= 15 is 0 Å². The number of benzene rings is 1. The highest BCUT2D eigenvalue weighted by Gasteiger charge is 2.33. The zero-order valence-corrected chi connectivity index (χ0v) is 16.9. The van der Waals surface area contributed by atoms with Gasteiger partial charge in [-0.05, 0) is 32.2 Å². The number of aromatic nitrogens is 1. The molecule has 0 saturated carbocycles. The zero-order chi connectivity index (χ0) is 20.1. The van der Waals surface area contributed by atoms with Crippen LogP contribution in [0, 0.1) is 5.82 Å². The van der Waals surface area contributed by atoms with E-state index in [0.29, 0.717) is 42.4 Å². The van der Waals surface area contributed by atoms with Crippen molar-refractivity contribution < 1.29 is 13.9 Å². The normalized spacial score (nSPS) is 16.8. The summed E-state index contributed by atoms with van der Waals surface area (Å²) in [6.07, 6.45) is 0.885. The fourth-order valence-corrected chi connectivity index (χ4v) is 3.90. The van der Waals surface area contributed by atoms with E-state index in [9.17, 15) is 9.18 Å². The first kappa shape index (κ1) is 20.2. The summed E-state index contributed by atoms with van der Waals surface area (Å²) in [5, 5.41) is 13.1. The van der Waals surface area contributed by atoms with Crippen LogP contribution in [0.3, 0.4) is 0 Å². The van der Waals surface area contributed by atoms with Gasteiger partial charge in [-0.15, -0.1) is 11.3 Å². The maximum Gasteiger partial charge on any atom is 0.414 e. The maximum atomic E-state index is 14.7.